The van der Waals surface area contributed by atoms with Gasteiger partial charge in [-0.15, -0.1) is 0 Å². The van der Waals surface area contributed by atoms with Crippen molar-refractivity contribution in [3.8, 4) is 0 Å². The first-order valence-corrected chi connectivity index (χ1v) is 5.15. The zero-order valence-corrected chi connectivity index (χ0v) is 9.28. The van der Waals surface area contributed by atoms with Crippen LogP contribution >= 0.6 is 0 Å². The van der Waals surface area contributed by atoms with Crippen molar-refractivity contribution in [1.29, 1.82) is 0 Å². The van der Waals surface area contributed by atoms with Crippen molar-refractivity contribution in [3.05, 3.63) is 30.2 Å². The Morgan fingerprint density at radius 2 is 2.13 bits per heavy atom. The molecule has 78 valence electrons. The lowest BCUT2D eigenvalue weighted by Crippen LogP contribution is -2.10. The van der Waals surface area contributed by atoms with Crippen LogP contribution in [-0.2, 0) is 0 Å². The van der Waals surface area contributed by atoms with Crippen LogP contribution in [0.1, 0.15) is 19.5 Å². The van der Waals surface area contributed by atoms with Gasteiger partial charge in [0.15, 0.2) is 0 Å². The fraction of sp³-hybridized carbons (Fsp3) is 0.333. The second-order valence-electron chi connectivity index (χ2n) is 4.00. The Kier molecular flexibility index (Phi) is 2.54. The minimum Gasteiger partial charge on any atom is -0.382 e. The summed E-state index contributed by atoms with van der Waals surface area (Å²) in [6.07, 6.45) is 3.63. The molecular formula is C12H15N3. The van der Waals surface area contributed by atoms with E-state index < -0.39 is 0 Å². The lowest BCUT2D eigenvalue weighted by Gasteiger charge is -2.12. The second-order valence-corrected chi connectivity index (χ2v) is 4.00. The van der Waals surface area contributed by atoms with Crippen LogP contribution in [0.25, 0.3) is 10.9 Å². The van der Waals surface area contributed by atoms with Crippen LogP contribution in [-0.4, -0.2) is 16.0 Å². The first-order valence-electron chi connectivity index (χ1n) is 5.15. The molecule has 3 nitrogen and oxygen atoms in total. The van der Waals surface area contributed by atoms with E-state index in [1.54, 1.807) is 6.20 Å². The summed E-state index contributed by atoms with van der Waals surface area (Å²) >= 11 is 0. The smallest absolute Gasteiger partial charge is 0.0756 e. The third kappa shape index (κ3) is 2.06. The molecule has 0 aromatic carbocycles. The number of fused-ring (bicyclic) bond motifs is 1. The van der Waals surface area contributed by atoms with E-state index in [0.717, 1.165) is 22.3 Å². The van der Waals surface area contributed by atoms with Crippen molar-refractivity contribution >= 4 is 16.6 Å². The van der Waals surface area contributed by atoms with Gasteiger partial charge in [0.05, 0.1) is 5.52 Å². The highest BCUT2D eigenvalue weighted by atomic mass is 14.9. The van der Waals surface area contributed by atoms with Gasteiger partial charge in [0.1, 0.15) is 0 Å². The summed E-state index contributed by atoms with van der Waals surface area (Å²) in [6.45, 7) is 6.25. The Balaban J connectivity index is 2.60. The monoisotopic (exact) mass is 201 g/mol. The zero-order valence-electron chi connectivity index (χ0n) is 9.28. The number of hydrogen-bond acceptors (Lipinski definition) is 3. The third-order valence-electron chi connectivity index (χ3n) is 2.18. The highest BCUT2D eigenvalue weighted by Crippen LogP contribution is 2.22. The van der Waals surface area contributed by atoms with Crippen molar-refractivity contribution < 1.29 is 0 Å². The van der Waals surface area contributed by atoms with E-state index in [1.165, 1.54) is 0 Å². The molecule has 2 heterocycles. The van der Waals surface area contributed by atoms with E-state index in [4.69, 9.17) is 0 Å². The molecule has 0 radical (unpaired) electrons. The second kappa shape index (κ2) is 3.85. The van der Waals surface area contributed by atoms with Crippen molar-refractivity contribution in [2.75, 3.05) is 5.32 Å². The van der Waals surface area contributed by atoms with Gasteiger partial charge in [-0.25, -0.2) is 0 Å². The number of aryl methyl sites for hydroxylation is 1. The molecule has 0 aliphatic rings. The van der Waals surface area contributed by atoms with Gasteiger partial charge in [-0.05, 0) is 32.9 Å². The van der Waals surface area contributed by atoms with Crippen LogP contribution in [0.4, 0.5) is 5.69 Å². The zero-order chi connectivity index (χ0) is 10.8. The quantitative estimate of drug-likeness (QED) is 0.811. The van der Waals surface area contributed by atoms with E-state index in [-0.39, 0.29) is 0 Å². The molecular weight excluding hydrogens is 186 g/mol. The number of nitrogens with one attached hydrogen (secondary N) is 1. The molecule has 0 bridgehead atoms. The largest absolute Gasteiger partial charge is 0.382 e. The van der Waals surface area contributed by atoms with Crippen LogP contribution < -0.4 is 5.32 Å². The van der Waals surface area contributed by atoms with Gasteiger partial charge < -0.3 is 5.32 Å². The molecule has 0 spiro atoms. The number of aromatic nitrogens is 2. The normalized spacial score (nSPS) is 10.9. The number of anilines is 1. The molecule has 1 N–H and O–H groups in total. The van der Waals surface area contributed by atoms with Crippen LogP contribution in [0.2, 0.25) is 0 Å². The Morgan fingerprint density at radius 3 is 2.87 bits per heavy atom. The summed E-state index contributed by atoms with van der Waals surface area (Å²) in [6, 6.07) is 4.41. The van der Waals surface area contributed by atoms with Gasteiger partial charge in [-0.1, -0.05) is 0 Å². The van der Waals surface area contributed by atoms with Crippen molar-refractivity contribution in [1.82, 2.24) is 9.97 Å². The highest BCUT2D eigenvalue weighted by Gasteiger charge is 2.04. The van der Waals surface area contributed by atoms with Crippen LogP contribution in [0.15, 0.2) is 24.5 Å². The standard InChI is InChI=1S/C12H15N3/c1-8(2)14-12-6-9(3)15-11-4-5-13-7-10(11)12/h4-8H,1-3H3,(H,14,15). The fourth-order valence-corrected chi connectivity index (χ4v) is 1.63. The summed E-state index contributed by atoms with van der Waals surface area (Å²) in [5.74, 6) is 0. The van der Waals surface area contributed by atoms with E-state index >= 15 is 0 Å². The minimum atomic E-state index is 0.412. The lowest BCUT2D eigenvalue weighted by molar-refractivity contribution is 0.900. The summed E-state index contributed by atoms with van der Waals surface area (Å²) in [5.41, 5.74) is 3.13. The van der Waals surface area contributed by atoms with E-state index in [9.17, 15) is 0 Å². The molecule has 2 aromatic rings. The Hall–Kier alpha value is -1.64. The van der Waals surface area contributed by atoms with Gasteiger partial charge in [-0.3, -0.25) is 9.97 Å². The van der Waals surface area contributed by atoms with Gasteiger partial charge >= 0.3 is 0 Å². The minimum absolute atomic E-state index is 0.412. The molecule has 0 fully saturated rings. The lowest BCUT2D eigenvalue weighted by atomic mass is 10.2. The SMILES string of the molecule is Cc1cc(NC(C)C)c2cnccc2n1. The maximum absolute atomic E-state index is 4.46. The molecule has 3 heteroatoms. The van der Waals surface area contributed by atoms with E-state index in [2.05, 4.69) is 35.2 Å². The molecule has 0 saturated carbocycles. The molecule has 0 aliphatic carbocycles. The molecule has 15 heavy (non-hydrogen) atoms. The molecule has 0 aliphatic heterocycles. The maximum Gasteiger partial charge on any atom is 0.0756 e. The average molecular weight is 201 g/mol. The molecule has 2 rings (SSSR count). The van der Waals surface area contributed by atoms with Gasteiger partial charge in [0, 0.05) is 35.2 Å². The average Bonchev–Trinajstić information content (AvgIpc) is 2.16. The first kappa shape index (κ1) is 9.90. The molecule has 0 unspecified atom stereocenters. The predicted octanol–water partition coefficient (Wildman–Crippen LogP) is 2.76. The highest BCUT2D eigenvalue weighted by molar-refractivity contribution is 5.90. The predicted molar refractivity (Wildman–Crippen MR) is 63.0 cm³/mol. The third-order valence-corrected chi connectivity index (χ3v) is 2.18. The molecule has 2 aromatic heterocycles. The van der Waals surface area contributed by atoms with Crippen LogP contribution in [0, 0.1) is 6.92 Å². The van der Waals surface area contributed by atoms with E-state index in [1.807, 2.05) is 19.2 Å². The number of nitrogens with zero attached hydrogens (tertiary/aromatic N) is 2. The van der Waals surface area contributed by atoms with Gasteiger partial charge in [0.25, 0.3) is 0 Å². The topological polar surface area (TPSA) is 37.8 Å². The van der Waals surface area contributed by atoms with Crippen LogP contribution in [0.5, 0.6) is 0 Å². The molecule has 0 amide bonds. The van der Waals surface area contributed by atoms with Crippen molar-refractivity contribution in [2.24, 2.45) is 0 Å². The van der Waals surface area contributed by atoms with Crippen molar-refractivity contribution in [2.45, 2.75) is 26.8 Å². The number of pyridine rings is 2. The Bertz CT molecular complexity index is 477. The number of rotatable bonds is 2. The van der Waals surface area contributed by atoms with Crippen molar-refractivity contribution in [3.63, 3.8) is 0 Å². The van der Waals surface area contributed by atoms with Crippen LogP contribution in [0.3, 0.4) is 0 Å². The molecule has 0 saturated heterocycles. The fourth-order valence-electron chi connectivity index (χ4n) is 1.63. The summed E-state index contributed by atoms with van der Waals surface area (Å²) in [5, 5.41) is 4.49. The summed E-state index contributed by atoms with van der Waals surface area (Å²) in [7, 11) is 0. The summed E-state index contributed by atoms with van der Waals surface area (Å²) < 4.78 is 0. The number of hydrogen-bond donors (Lipinski definition) is 1. The maximum atomic E-state index is 4.46. The summed E-state index contributed by atoms with van der Waals surface area (Å²) in [4.78, 5) is 8.59. The van der Waals surface area contributed by atoms with Gasteiger partial charge in [-0.2, -0.15) is 0 Å². The van der Waals surface area contributed by atoms with E-state index in [0.29, 0.717) is 6.04 Å². The Labute approximate surface area is 89.6 Å². The Morgan fingerprint density at radius 1 is 1.33 bits per heavy atom. The first-order chi connectivity index (χ1) is 7.16. The van der Waals surface area contributed by atoms with Gasteiger partial charge in [0.2, 0.25) is 0 Å². The molecule has 0 atom stereocenters.